The van der Waals surface area contributed by atoms with E-state index in [1.807, 2.05) is 18.2 Å². The van der Waals surface area contributed by atoms with E-state index in [-0.39, 0.29) is 5.41 Å². The van der Waals surface area contributed by atoms with Gasteiger partial charge in [0.05, 0.1) is 5.69 Å². The van der Waals surface area contributed by atoms with Crippen molar-refractivity contribution in [3.8, 4) is 5.75 Å². The molecule has 0 amide bonds. The second-order valence-corrected chi connectivity index (χ2v) is 9.35. The van der Waals surface area contributed by atoms with Gasteiger partial charge < -0.3 is 20.1 Å². The van der Waals surface area contributed by atoms with Crippen LogP contribution in [0.2, 0.25) is 0 Å². The van der Waals surface area contributed by atoms with Gasteiger partial charge in [-0.15, -0.1) is 0 Å². The van der Waals surface area contributed by atoms with Crippen LogP contribution in [0.25, 0.3) is 5.57 Å². The highest BCUT2D eigenvalue weighted by Crippen LogP contribution is 2.52. The van der Waals surface area contributed by atoms with Crippen LogP contribution < -0.4 is 15.0 Å². The molecule has 0 saturated carbocycles. The molecule has 6 heteroatoms. The number of ether oxygens (including phenoxy) is 1. The van der Waals surface area contributed by atoms with E-state index in [2.05, 4.69) is 57.1 Å². The zero-order valence-electron chi connectivity index (χ0n) is 18.6. The largest absolute Gasteiger partial charge is 0.489 e. The predicted octanol–water partition coefficient (Wildman–Crippen LogP) is 4.28. The molecule has 0 bridgehead atoms. The number of hydrogen-bond acceptors (Lipinski definition) is 6. The molecular formula is C27H28N4O2. The quantitative estimate of drug-likeness (QED) is 0.631. The van der Waals surface area contributed by atoms with Crippen molar-refractivity contribution >= 4 is 17.1 Å². The molecule has 1 atom stereocenters. The molecular weight excluding hydrogens is 412 g/mol. The summed E-state index contributed by atoms with van der Waals surface area (Å²) in [5, 5.41) is 14.0. The molecule has 33 heavy (non-hydrogen) atoms. The highest BCUT2D eigenvalue weighted by molar-refractivity contribution is 5.84. The lowest BCUT2D eigenvalue weighted by molar-refractivity contribution is 0.185. The van der Waals surface area contributed by atoms with Crippen LogP contribution in [0, 0.1) is 0 Å². The van der Waals surface area contributed by atoms with Crippen molar-refractivity contribution in [3.05, 3.63) is 83.8 Å². The second-order valence-electron chi connectivity index (χ2n) is 9.35. The fourth-order valence-electron chi connectivity index (χ4n) is 5.62. The Labute approximate surface area is 194 Å². The number of benzene rings is 2. The molecule has 3 aromatic rings. The van der Waals surface area contributed by atoms with Crippen molar-refractivity contribution in [2.75, 3.05) is 24.5 Å². The predicted molar refractivity (Wildman–Crippen MR) is 129 cm³/mol. The smallest absolute Gasteiger partial charge is 0.144 e. The van der Waals surface area contributed by atoms with E-state index in [4.69, 9.17) is 4.74 Å². The van der Waals surface area contributed by atoms with Gasteiger partial charge in [0.25, 0.3) is 0 Å². The molecule has 168 valence electrons. The van der Waals surface area contributed by atoms with Gasteiger partial charge >= 0.3 is 0 Å². The van der Waals surface area contributed by atoms with Gasteiger partial charge in [-0.25, -0.2) is 9.97 Å². The summed E-state index contributed by atoms with van der Waals surface area (Å²) in [6, 6.07) is 16.7. The standard InChI is InChI=1S/C27H28N4O2/c1-18-13-23(32)25-24(18)26(30-17-29-25)31-16-27(9-11-28-12-10-27)21-14-20(7-8-22(21)31)33-15-19-5-3-2-4-6-19/h2-8,14,17,23,28,32H,1,9-13,15-16H2/t23-/m1/s1. The summed E-state index contributed by atoms with van der Waals surface area (Å²) in [4.78, 5) is 11.4. The van der Waals surface area contributed by atoms with E-state index in [0.717, 1.165) is 60.7 Å². The number of aromatic nitrogens is 2. The van der Waals surface area contributed by atoms with Crippen LogP contribution in [-0.4, -0.2) is 34.7 Å². The molecule has 3 aliphatic rings. The van der Waals surface area contributed by atoms with Crippen molar-refractivity contribution < 1.29 is 9.84 Å². The first-order chi connectivity index (χ1) is 16.1. The monoisotopic (exact) mass is 440 g/mol. The summed E-state index contributed by atoms with van der Waals surface area (Å²) < 4.78 is 6.19. The normalized spacial score (nSPS) is 20.7. The van der Waals surface area contributed by atoms with Crippen LogP contribution in [0.3, 0.4) is 0 Å². The van der Waals surface area contributed by atoms with Crippen molar-refractivity contribution in [2.24, 2.45) is 0 Å². The average molecular weight is 441 g/mol. The molecule has 1 spiro atoms. The minimum atomic E-state index is -0.599. The maximum absolute atomic E-state index is 10.5. The minimum absolute atomic E-state index is 0.0447. The number of aliphatic hydroxyl groups excluding tert-OH is 1. The summed E-state index contributed by atoms with van der Waals surface area (Å²) in [5.74, 6) is 1.75. The fourth-order valence-corrected chi connectivity index (χ4v) is 5.62. The number of nitrogens with zero attached hydrogens (tertiary/aromatic N) is 3. The molecule has 2 aromatic carbocycles. The van der Waals surface area contributed by atoms with Crippen molar-refractivity contribution in [2.45, 2.75) is 37.4 Å². The topological polar surface area (TPSA) is 70.5 Å². The third kappa shape index (κ3) is 3.41. The Kier molecular flexibility index (Phi) is 4.93. The van der Waals surface area contributed by atoms with E-state index in [1.165, 1.54) is 11.3 Å². The van der Waals surface area contributed by atoms with Crippen LogP contribution in [0.15, 0.2) is 61.4 Å². The van der Waals surface area contributed by atoms with E-state index in [9.17, 15) is 5.11 Å². The SMILES string of the molecule is C=C1C[C@@H](O)c2ncnc(N3CC4(CCNCC4)c4cc(OCc5ccccc5)ccc43)c21. The molecule has 0 unspecified atom stereocenters. The van der Waals surface area contributed by atoms with Gasteiger partial charge in [-0.3, -0.25) is 0 Å². The van der Waals surface area contributed by atoms with Crippen LogP contribution in [0.1, 0.15) is 47.8 Å². The van der Waals surface area contributed by atoms with Gasteiger partial charge in [-0.1, -0.05) is 36.9 Å². The molecule has 6 rings (SSSR count). The lowest BCUT2D eigenvalue weighted by atomic mass is 9.75. The van der Waals surface area contributed by atoms with Gasteiger partial charge in [0.15, 0.2) is 0 Å². The van der Waals surface area contributed by atoms with Gasteiger partial charge in [0.1, 0.15) is 30.6 Å². The minimum Gasteiger partial charge on any atom is -0.489 e. The van der Waals surface area contributed by atoms with Gasteiger partial charge in [0.2, 0.25) is 0 Å². The number of anilines is 2. The lowest BCUT2D eigenvalue weighted by Gasteiger charge is -2.35. The molecule has 2 N–H and O–H groups in total. The molecule has 2 aliphatic heterocycles. The van der Waals surface area contributed by atoms with E-state index in [0.29, 0.717) is 18.7 Å². The maximum Gasteiger partial charge on any atom is 0.144 e. The first-order valence-corrected chi connectivity index (χ1v) is 11.7. The number of hydrogen-bond donors (Lipinski definition) is 2. The highest BCUT2D eigenvalue weighted by Gasteiger charge is 2.45. The molecule has 1 aromatic heterocycles. The summed E-state index contributed by atoms with van der Waals surface area (Å²) in [5.41, 5.74) is 6.20. The Morgan fingerprint density at radius 2 is 1.94 bits per heavy atom. The highest BCUT2D eigenvalue weighted by atomic mass is 16.5. The van der Waals surface area contributed by atoms with Gasteiger partial charge in [0, 0.05) is 29.6 Å². The molecule has 6 nitrogen and oxygen atoms in total. The zero-order chi connectivity index (χ0) is 22.4. The Morgan fingerprint density at radius 1 is 1.12 bits per heavy atom. The molecule has 1 fully saturated rings. The Bertz CT molecular complexity index is 1200. The molecule has 3 heterocycles. The summed E-state index contributed by atoms with van der Waals surface area (Å²) >= 11 is 0. The second kappa shape index (κ2) is 7.97. The zero-order valence-corrected chi connectivity index (χ0v) is 18.6. The Hall–Kier alpha value is -3.22. The first-order valence-electron chi connectivity index (χ1n) is 11.7. The molecule has 0 radical (unpaired) electrons. The lowest BCUT2D eigenvalue weighted by Crippen LogP contribution is -2.42. The Morgan fingerprint density at radius 3 is 2.76 bits per heavy atom. The summed E-state index contributed by atoms with van der Waals surface area (Å²) in [7, 11) is 0. The molecule has 1 aliphatic carbocycles. The fraction of sp³-hybridized carbons (Fsp3) is 0.333. The van der Waals surface area contributed by atoms with Crippen LogP contribution in [0.4, 0.5) is 11.5 Å². The third-order valence-electron chi connectivity index (χ3n) is 7.32. The number of piperidine rings is 1. The van der Waals surface area contributed by atoms with Crippen molar-refractivity contribution in [1.29, 1.82) is 0 Å². The number of nitrogens with one attached hydrogen (secondary N) is 1. The van der Waals surface area contributed by atoms with Crippen molar-refractivity contribution in [3.63, 3.8) is 0 Å². The van der Waals surface area contributed by atoms with Crippen LogP contribution in [-0.2, 0) is 12.0 Å². The maximum atomic E-state index is 10.5. The van der Waals surface area contributed by atoms with Gasteiger partial charge in [-0.05, 0) is 60.8 Å². The summed E-state index contributed by atoms with van der Waals surface area (Å²) in [6.45, 7) is 7.61. The number of rotatable bonds is 4. The van der Waals surface area contributed by atoms with Crippen LogP contribution in [0.5, 0.6) is 5.75 Å². The number of fused-ring (bicyclic) bond motifs is 3. The van der Waals surface area contributed by atoms with E-state index >= 15 is 0 Å². The average Bonchev–Trinajstić information content (AvgIpc) is 3.32. The van der Waals surface area contributed by atoms with Crippen molar-refractivity contribution in [1.82, 2.24) is 15.3 Å². The first kappa shape index (κ1) is 20.4. The Balaban J connectivity index is 1.39. The third-order valence-corrected chi connectivity index (χ3v) is 7.32. The summed E-state index contributed by atoms with van der Waals surface area (Å²) in [6.07, 6.45) is 3.62. The van der Waals surface area contributed by atoms with Crippen LogP contribution >= 0.6 is 0 Å². The van der Waals surface area contributed by atoms with Gasteiger partial charge in [-0.2, -0.15) is 0 Å². The number of aliphatic hydroxyl groups is 1. The molecule has 1 saturated heterocycles. The van der Waals surface area contributed by atoms with E-state index in [1.54, 1.807) is 6.33 Å². The van der Waals surface area contributed by atoms with E-state index < -0.39 is 6.10 Å².